The lowest BCUT2D eigenvalue weighted by Crippen LogP contribution is -2.03. The number of carbonyl (C=O) groups is 1. The maximum absolute atomic E-state index is 11.5. The average molecular weight is 345 g/mol. The second-order valence-electron chi connectivity index (χ2n) is 4.72. The van der Waals surface area contributed by atoms with E-state index >= 15 is 0 Å². The Hall–Kier alpha value is -2.14. The summed E-state index contributed by atoms with van der Waals surface area (Å²) >= 11 is 3.54. The molecule has 0 atom stereocenters. The van der Waals surface area contributed by atoms with Gasteiger partial charge in [0.1, 0.15) is 5.69 Å². The van der Waals surface area contributed by atoms with E-state index < -0.39 is 5.97 Å². The average Bonchev–Trinajstić information content (AvgIpc) is 2.91. The van der Waals surface area contributed by atoms with Crippen LogP contribution in [0.4, 0.5) is 0 Å². The number of rotatable bonds is 2. The number of nitrogens with zero attached hydrogens (tertiary/aromatic N) is 1. The van der Waals surface area contributed by atoms with Gasteiger partial charge < -0.3 is 9.72 Å². The van der Waals surface area contributed by atoms with E-state index in [2.05, 4.69) is 32.8 Å². The van der Waals surface area contributed by atoms with Crippen molar-refractivity contribution in [2.75, 3.05) is 7.11 Å². The molecular weight excluding hydrogens is 332 g/mol. The van der Waals surface area contributed by atoms with E-state index in [4.69, 9.17) is 4.74 Å². The van der Waals surface area contributed by atoms with Gasteiger partial charge in [0.15, 0.2) is 0 Å². The third kappa shape index (κ3) is 2.45. The van der Waals surface area contributed by atoms with Crippen LogP contribution in [0.5, 0.6) is 0 Å². The molecule has 5 heteroatoms. The minimum atomic E-state index is -0.432. The van der Waals surface area contributed by atoms with Crippen molar-refractivity contribution in [1.82, 2.24) is 9.97 Å². The van der Waals surface area contributed by atoms with Crippen molar-refractivity contribution in [1.29, 1.82) is 0 Å². The molecule has 0 aliphatic carbocycles. The van der Waals surface area contributed by atoms with Gasteiger partial charge in [-0.15, -0.1) is 0 Å². The number of benzene rings is 1. The summed E-state index contributed by atoms with van der Waals surface area (Å²) in [6.07, 6.45) is 0. The number of aromatic nitrogens is 2. The minimum absolute atomic E-state index is 0.307. The topological polar surface area (TPSA) is 55.0 Å². The molecule has 0 aliphatic rings. The highest BCUT2D eigenvalue weighted by Crippen LogP contribution is 2.30. The molecule has 0 aliphatic heterocycles. The van der Waals surface area contributed by atoms with Crippen molar-refractivity contribution in [3.8, 4) is 11.3 Å². The molecule has 0 spiro atoms. The Morgan fingerprint density at radius 1 is 1.29 bits per heavy atom. The summed E-state index contributed by atoms with van der Waals surface area (Å²) in [7, 11) is 1.35. The van der Waals surface area contributed by atoms with Crippen molar-refractivity contribution in [2.24, 2.45) is 0 Å². The summed E-state index contributed by atoms with van der Waals surface area (Å²) in [6.45, 7) is 2.05. The van der Waals surface area contributed by atoms with E-state index in [1.54, 1.807) is 6.07 Å². The predicted octanol–water partition coefficient (Wildman–Crippen LogP) is 4.09. The largest absolute Gasteiger partial charge is 0.464 e. The number of fused-ring (bicyclic) bond motifs is 1. The molecule has 1 aromatic carbocycles. The standard InChI is InChI=1S/C16H13BrN2O2/c1-9-10(4-3-5-11(9)17)14-8-15-12(18-14)6-7-13(19-15)16(20)21-2/h3-8,18H,1-2H3. The quantitative estimate of drug-likeness (QED) is 0.712. The van der Waals surface area contributed by atoms with E-state index in [9.17, 15) is 4.79 Å². The molecule has 106 valence electrons. The molecule has 2 heterocycles. The number of methoxy groups -OCH3 is 1. The van der Waals surface area contributed by atoms with E-state index in [0.29, 0.717) is 5.69 Å². The fraction of sp³-hybridized carbons (Fsp3) is 0.125. The van der Waals surface area contributed by atoms with Gasteiger partial charge in [0.25, 0.3) is 0 Å². The van der Waals surface area contributed by atoms with Gasteiger partial charge in [0, 0.05) is 15.7 Å². The van der Waals surface area contributed by atoms with Gasteiger partial charge in [-0.2, -0.15) is 0 Å². The van der Waals surface area contributed by atoms with Crippen molar-refractivity contribution in [3.63, 3.8) is 0 Å². The molecular formula is C16H13BrN2O2. The van der Waals surface area contributed by atoms with Gasteiger partial charge in [-0.05, 0) is 36.8 Å². The first kappa shape index (κ1) is 13.8. The molecule has 0 saturated heterocycles. The Bertz CT molecular complexity index is 839. The summed E-state index contributed by atoms with van der Waals surface area (Å²) < 4.78 is 5.75. The second-order valence-corrected chi connectivity index (χ2v) is 5.57. The predicted molar refractivity (Wildman–Crippen MR) is 85.3 cm³/mol. The number of halogens is 1. The van der Waals surface area contributed by atoms with Crippen molar-refractivity contribution in [3.05, 3.63) is 52.1 Å². The Morgan fingerprint density at radius 2 is 2.10 bits per heavy atom. The zero-order valence-corrected chi connectivity index (χ0v) is 13.2. The van der Waals surface area contributed by atoms with E-state index in [1.807, 2.05) is 30.3 Å². The van der Waals surface area contributed by atoms with Gasteiger partial charge in [-0.3, -0.25) is 0 Å². The lowest BCUT2D eigenvalue weighted by atomic mass is 10.1. The van der Waals surface area contributed by atoms with Crippen molar-refractivity contribution >= 4 is 32.9 Å². The highest BCUT2D eigenvalue weighted by molar-refractivity contribution is 9.10. The Morgan fingerprint density at radius 3 is 2.86 bits per heavy atom. The van der Waals surface area contributed by atoms with Crippen LogP contribution in [0.25, 0.3) is 22.3 Å². The van der Waals surface area contributed by atoms with Gasteiger partial charge in [0.2, 0.25) is 0 Å². The first-order valence-electron chi connectivity index (χ1n) is 6.43. The summed E-state index contributed by atoms with van der Waals surface area (Å²) in [4.78, 5) is 19.2. The fourth-order valence-corrected chi connectivity index (χ4v) is 2.64. The lowest BCUT2D eigenvalue weighted by molar-refractivity contribution is 0.0594. The summed E-state index contributed by atoms with van der Waals surface area (Å²) in [5.74, 6) is -0.432. The third-order valence-electron chi connectivity index (χ3n) is 3.43. The number of carbonyl (C=O) groups excluding carboxylic acids is 1. The molecule has 1 N–H and O–H groups in total. The van der Waals surface area contributed by atoms with Crippen molar-refractivity contribution in [2.45, 2.75) is 6.92 Å². The zero-order valence-electron chi connectivity index (χ0n) is 11.6. The van der Waals surface area contributed by atoms with Crippen LogP contribution in [0.1, 0.15) is 16.1 Å². The molecule has 21 heavy (non-hydrogen) atoms. The lowest BCUT2D eigenvalue weighted by Gasteiger charge is -2.04. The molecule has 2 aromatic heterocycles. The normalized spacial score (nSPS) is 10.8. The molecule has 0 saturated carbocycles. The monoisotopic (exact) mass is 344 g/mol. The molecule has 0 bridgehead atoms. The first-order valence-corrected chi connectivity index (χ1v) is 7.23. The summed E-state index contributed by atoms with van der Waals surface area (Å²) in [5, 5.41) is 0. The second kappa shape index (κ2) is 5.33. The van der Waals surface area contributed by atoms with Crippen LogP contribution < -0.4 is 0 Å². The Labute approximate surface area is 130 Å². The molecule has 0 unspecified atom stereocenters. The minimum Gasteiger partial charge on any atom is -0.464 e. The third-order valence-corrected chi connectivity index (χ3v) is 4.29. The maximum atomic E-state index is 11.5. The molecule has 0 fully saturated rings. The van der Waals surface area contributed by atoms with Gasteiger partial charge >= 0.3 is 5.97 Å². The van der Waals surface area contributed by atoms with E-state index in [0.717, 1.165) is 32.3 Å². The van der Waals surface area contributed by atoms with Crippen LogP contribution in [0.15, 0.2) is 40.9 Å². The van der Waals surface area contributed by atoms with Crippen molar-refractivity contribution < 1.29 is 9.53 Å². The molecule has 3 aromatic rings. The number of aromatic amines is 1. The number of H-pyrrole nitrogens is 1. The van der Waals surface area contributed by atoms with Gasteiger partial charge in [0.05, 0.1) is 18.1 Å². The molecule has 0 amide bonds. The molecule has 3 rings (SSSR count). The number of esters is 1. The van der Waals surface area contributed by atoms with Crippen LogP contribution in [0.2, 0.25) is 0 Å². The molecule has 0 radical (unpaired) electrons. The fourth-order valence-electron chi connectivity index (χ4n) is 2.27. The van der Waals surface area contributed by atoms with E-state index in [1.165, 1.54) is 7.11 Å². The number of hydrogen-bond donors (Lipinski definition) is 1. The van der Waals surface area contributed by atoms with Crippen LogP contribution in [0, 0.1) is 6.92 Å². The Kier molecular flexibility index (Phi) is 3.51. The Balaban J connectivity index is 2.13. The summed E-state index contributed by atoms with van der Waals surface area (Å²) in [5.41, 5.74) is 5.16. The van der Waals surface area contributed by atoms with Crippen LogP contribution in [-0.4, -0.2) is 23.0 Å². The summed E-state index contributed by atoms with van der Waals surface area (Å²) in [6, 6.07) is 11.5. The number of ether oxygens (including phenoxy) is 1. The maximum Gasteiger partial charge on any atom is 0.356 e. The van der Waals surface area contributed by atoms with E-state index in [-0.39, 0.29) is 0 Å². The SMILES string of the molecule is COC(=O)c1ccc2[nH]c(-c3cccc(Br)c3C)cc2n1. The highest BCUT2D eigenvalue weighted by Gasteiger charge is 2.12. The number of hydrogen-bond acceptors (Lipinski definition) is 3. The van der Waals surface area contributed by atoms with Gasteiger partial charge in [-0.25, -0.2) is 9.78 Å². The van der Waals surface area contributed by atoms with Crippen LogP contribution >= 0.6 is 15.9 Å². The highest BCUT2D eigenvalue weighted by atomic mass is 79.9. The van der Waals surface area contributed by atoms with Crippen LogP contribution in [0.3, 0.4) is 0 Å². The number of nitrogens with one attached hydrogen (secondary N) is 1. The number of pyridine rings is 1. The molecule has 4 nitrogen and oxygen atoms in total. The smallest absolute Gasteiger partial charge is 0.356 e. The first-order chi connectivity index (χ1) is 10.1. The van der Waals surface area contributed by atoms with Gasteiger partial charge in [-0.1, -0.05) is 28.1 Å². The zero-order chi connectivity index (χ0) is 15.0. The van der Waals surface area contributed by atoms with Crippen LogP contribution in [-0.2, 0) is 4.74 Å².